The van der Waals surface area contributed by atoms with Crippen molar-refractivity contribution in [2.45, 2.75) is 46.1 Å². The smallest absolute Gasteiger partial charge is 0.330 e. The summed E-state index contributed by atoms with van der Waals surface area (Å²) in [5, 5.41) is 9.55. The van der Waals surface area contributed by atoms with Crippen LogP contribution >= 0.6 is 0 Å². The molecule has 0 radical (unpaired) electrons. The quantitative estimate of drug-likeness (QED) is 0.171. The van der Waals surface area contributed by atoms with Gasteiger partial charge in [0, 0.05) is 6.54 Å². The molecule has 1 atom stereocenters. The minimum Gasteiger partial charge on any atom is -0.392 e. The normalized spacial score (nSPS) is 12.6. The van der Waals surface area contributed by atoms with Gasteiger partial charge < -0.3 is 21.5 Å². The van der Waals surface area contributed by atoms with Crippen LogP contribution in [-0.2, 0) is 14.3 Å². The van der Waals surface area contributed by atoms with E-state index in [-0.39, 0.29) is 5.96 Å². The second-order valence-corrected chi connectivity index (χ2v) is 5.04. The second-order valence-electron chi connectivity index (χ2n) is 5.04. The molecule has 0 unspecified atom stereocenters. The summed E-state index contributed by atoms with van der Waals surface area (Å²) in [6.45, 7) is 5.72. The maximum absolute atomic E-state index is 11.7. The highest BCUT2D eigenvalue weighted by molar-refractivity contribution is 5.90. The van der Waals surface area contributed by atoms with Crippen molar-refractivity contribution in [1.29, 1.82) is 5.41 Å². The van der Waals surface area contributed by atoms with Gasteiger partial charge in [0.25, 0.3) is 0 Å². The lowest BCUT2D eigenvalue weighted by molar-refractivity contribution is -0.167. The first-order valence-electron chi connectivity index (χ1n) is 6.30. The van der Waals surface area contributed by atoms with E-state index in [1.54, 1.807) is 13.8 Å². The third-order valence-electron chi connectivity index (χ3n) is 2.94. The van der Waals surface area contributed by atoms with Gasteiger partial charge in [-0.05, 0) is 33.1 Å². The summed E-state index contributed by atoms with van der Waals surface area (Å²) in [4.78, 5) is 23.3. The van der Waals surface area contributed by atoms with Gasteiger partial charge in [-0.25, -0.2) is 4.79 Å². The molecule has 0 aromatic carbocycles. The molecule has 0 fully saturated rings. The minimum absolute atomic E-state index is 0.129. The lowest BCUT2D eigenvalue weighted by atomic mass is 9.91. The third-order valence-corrected chi connectivity index (χ3v) is 2.94. The van der Waals surface area contributed by atoms with Crippen LogP contribution in [0.3, 0.4) is 0 Å². The molecule has 6 N–H and O–H groups in total. The van der Waals surface area contributed by atoms with Crippen LogP contribution in [0.5, 0.6) is 0 Å². The van der Waals surface area contributed by atoms with Crippen molar-refractivity contribution >= 4 is 17.9 Å². The van der Waals surface area contributed by atoms with Crippen molar-refractivity contribution in [3.05, 3.63) is 0 Å². The molecular weight excluding hydrogens is 248 g/mol. The van der Waals surface area contributed by atoms with Crippen LogP contribution in [0.2, 0.25) is 0 Å². The molecule has 0 aromatic heterocycles. The van der Waals surface area contributed by atoms with Crippen LogP contribution in [0.1, 0.15) is 40.0 Å². The average molecular weight is 272 g/mol. The number of hydrogen-bond acceptors (Lipinski definition) is 5. The van der Waals surface area contributed by atoms with Crippen LogP contribution in [-0.4, -0.2) is 30.5 Å². The van der Waals surface area contributed by atoms with Gasteiger partial charge in [-0.2, -0.15) is 0 Å². The van der Waals surface area contributed by atoms with Gasteiger partial charge in [-0.3, -0.25) is 10.2 Å². The van der Waals surface area contributed by atoms with Crippen molar-refractivity contribution in [3.63, 3.8) is 0 Å². The summed E-state index contributed by atoms with van der Waals surface area (Å²) in [6.07, 6.45) is 1.50. The molecule has 0 aliphatic rings. The molecule has 0 saturated carbocycles. The molecule has 110 valence electrons. The van der Waals surface area contributed by atoms with Crippen LogP contribution < -0.4 is 16.8 Å². The van der Waals surface area contributed by atoms with E-state index < -0.39 is 23.4 Å². The number of carbonyl (C=O) groups excluding carboxylic acids is 2. The average Bonchev–Trinajstić information content (AvgIpc) is 2.33. The molecule has 7 heteroatoms. The SMILES string of the molecule is CCC(C)(C)C(=O)OC(=O)[C@@H](N)CCCNC(=N)N. The topological polar surface area (TPSA) is 131 Å². The number of hydrogen-bond donors (Lipinski definition) is 4. The Morgan fingerprint density at radius 2 is 2.00 bits per heavy atom. The van der Waals surface area contributed by atoms with E-state index >= 15 is 0 Å². The highest BCUT2D eigenvalue weighted by Crippen LogP contribution is 2.21. The van der Waals surface area contributed by atoms with Crippen molar-refractivity contribution in [2.75, 3.05) is 6.54 Å². The summed E-state index contributed by atoms with van der Waals surface area (Å²) < 4.78 is 4.76. The molecule has 0 aliphatic heterocycles. The Balaban J connectivity index is 4.07. The molecule has 0 spiro atoms. The van der Waals surface area contributed by atoms with Gasteiger partial charge >= 0.3 is 11.9 Å². The standard InChI is InChI=1S/C12H24N4O3/c1-4-12(2,3)10(18)19-9(17)8(13)6-5-7-16-11(14)15/h8H,4-7,13H2,1-3H3,(H4,14,15,16)/t8-/m0/s1. The molecule has 0 aliphatic carbocycles. The number of nitrogens with one attached hydrogen (secondary N) is 2. The molecule has 0 bridgehead atoms. The third kappa shape index (κ3) is 6.76. The van der Waals surface area contributed by atoms with Gasteiger partial charge in [-0.1, -0.05) is 6.92 Å². The van der Waals surface area contributed by atoms with Crippen molar-refractivity contribution in [2.24, 2.45) is 16.9 Å². The molecule has 0 amide bonds. The van der Waals surface area contributed by atoms with Gasteiger partial charge in [0.05, 0.1) is 5.41 Å². The summed E-state index contributed by atoms with van der Waals surface area (Å²) in [7, 11) is 0. The van der Waals surface area contributed by atoms with E-state index in [2.05, 4.69) is 5.32 Å². The lowest BCUT2D eigenvalue weighted by Gasteiger charge is -2.20. The van der Waals surface area contributed by atoms with E-state index in [9.17, 15) is 9.59 Å². The number of ether oxygens (including phenoxy) is 1. The molecule has 0 heterocycles. The van der Waals surface area contributed by atoms with Gasteiger partial charge in [0.15, 0.2) is 5.96 Å². The first-order chi connectivity index (χ1) is 8.70. The fraction of sp³-hybridized carbons (Fsp3) is 0.750. The molecule has 0 saturated heterocycles. The van der Waals surface area contributed by atoms with Crippen molar-refractivity contribution in [3.8, 4) is 0 Å². The van der Waals surface area contributed by atoms with E-state index in [1.165, 1.54) is 0 Å². The Labute approximate surface area is 113 Å². The second kappa shape index (κ2) is 7.73. The first kappa shape index (κ1) is 17.4. The monoisotopic (exact) mass is 272 g/mol. The number of esters is 2. The molecular formula is C12H24N4O3. The van der Waals surface area contributed by atoms with E-state index in [1.807, 2.05) is 6.92 Å². The number of nitrogens with two attached hydrogens (primary N) is 2. The van der Waals surface area contributed by atoms with Gasteiger partial charge in [0.1, 0.15) is 6.04 Å². The zero-order chi connectivity index (χ0) is 15.1. The molecule has 19 heavy (non-hydrogen) atoms. The van der Waals surface area contributed by atoms with Crippen molar-refractivity contribution in [1.82, 2.24) is 5.32 Å². The summed E-state index contributed by atoms with van der Waals surface area (Å²) in [5.74, 6) is -1.40. The zero-order valence-corrected chi connectivity index (χ0v) is 11.8. The Kier molecular flexibility index (Phi) is 7.06. The molecule has 0 aromatic rings. The largest absolute Gasteiger partial charge is 0.392 e. The summed E-state index contributed by atoms with van der Waals surface area (Å²) in [5.41, 5.74) is 10.0. The minimum atomic E-state index is -0.842. The number of guanidine groups is 1. The van der Waals surface area contributed by atoms with Crippen LogP contribution in [0, 0.1) is 10.8 Å². The highest BCUT2D eigenvalue weighted by Gasteiger charge is 2.30. The van der Waals surface area contributed by atoms with Crippen molar-refractivity contribution < 1.29 is 14.3 Å². The van der Waals surface area contributed by atoms with Crippen LogP contribution in [0.25, 0.3) is 0 Å². The van der Waals surface area contributed by atoms with E-state index in [4.69, 9.17) is 21.6 Å². The fourth-order valence-electron chi connectivity index (χ4n) is 1.11. The Morgan fingerprint density at radius 3 is 2.47 bits per heavy atom. The first-order valence-corrected chi connectivity index (χ1v) is 6.30. The van der Waals surface area contributed by atoms with Gasteiger partial charge in [0.2, 0.25) is 0 Å². The fourth-order valence-corrected chi connectivity index (χ4v) is 1.11. The predicted octanol–water partition coefficient (Wildman–Crippen LogP) is 0.0830. The van der Waals surface area contributed by atoms with Gasteiger partial charge in [-0.15, -0.1) is 0 Å². The zero-order valence-electron chi connectivity index (χ0n) is 11.8. The van der Waals surface area contributed by atoms with Crippen LogP contribution in [0.4, 0.5) is 0 Å². The van der Waals surface area contributed by atoms with E-state index in [0.29, 0.717) is 25.8 Å². The Hall–Kier alpha value is -1.63. The maximum Gasteiger partial charge on any atom is 0.330 e. The Bertz CT molecular complexity index is 342. The summed E-state index contributed by atoms with van der Waals surface area (Å²) in [6, 6.07) is -0.842. The predicted molar refractivity (Wildman–Crippen MR) is 72.3 cm³/mol. The molecule has 0 rings (SSSR count). The maximum atomic E-state index is 11.7. The molecule has 7 nitrogen and oxygen atoms in total. The number of carbonyl (C=O) groups is 2. The van der Waals surface area contributed by atoms with E-state index in [0.717, 1.165) is 0 Å². The Morgan fingerprint density at radius 1 is 1.42 bits per heavy atom. The summed E-state index contributed by atoms with van der Waals surface area (Å²) >= 11 is 0. The number of rotatable bonds is 7. The lowest BCUT2D eigenvalue weighted by Crippen LogP contribution is -2.38. The highest BCUT2D eigenvalue weighted by atomic mass is 16.6. The van der Waals surface area contributed by atoms with Crippen LogP contribution in [0.15, 0.2) is 0 Å².